The summed E-state index contributed by atoms with van der Waals surface area (Å²) >= 11 is 7.01. The topological polar surface area (TPSA) is 99.3 Å². The Morgan fingerprint density at radius 2 is 1.43 bits per heavy atom. The number of hydrogen-bond donors (Lipinski definition) is 4. The molecule has 0 fully saturated rings. The van der Waals surface area contributed by atoms with Crippen LogP contribution >= 0.6 is 22.9 Å². The number of anilines is 2. The number of urea groups is 1. The Kier molecular flexibility index (Phi) is 6.25. The number of halogens is 1. The maximum atomic E-state index is 12.2. The number of para-hydroxylation sites is 1. The Hall–Kier alpha value is -3.36. The van der Waals surface area contributed by atoms with Crippen molar-refractivity contribution in [1.29, 1.82) is 0 Å². The number of hydrazine groups is 1. The van der Waals surface area contributed by atoms with Gasteiger partial charge in [0.25, 0.3) is 11.8 Å². The minimum absolute atomic E-state index is 0.246. The van der Waals surface area contributed by atoms with Crippen LogP contribution in [0.4, 0.5) is 15.5 Å². The molecule has 0 bridgehead atoms. The fraction of sp³-hybridized carbons (Fsp3) is 0. The summed E-state index contributed by atoms with van der Waals surface area (Å²) in [5, 5.41) is 6.09. The third-order valence-electron chi connectivity index (χ3n) is 3.51. The van der Waals surface area contributed by atoms with Crippen molar-refractivity contribution in [3.8, 4) is 0 Å². The lowest BCUT2D eigenvalue weighted by molar-refractivity contribution is 0.0849. The highest BCUT2D eigenvalue weighted by Crippen LogP contribution is 2.22. The van der Waals surface area contributed by atoms with Gasteiger partial charge in [-0.3, -0.25) is 25.8 Å². The molecular formula is C19H15ClN4O3S. The Labute approximate surface area is 169 Å². The summed E-state index contributed by atoms with van der Waals surface area (Å²) in [4.78, 5) is 36.5. The summed E-state index contributed by atoms with van der Waals surface area (Å²) < 4.78 is 0. The van der Waals surface area contributed by atoms with Crippen molar-refractivity contribution in [3.05, 3.63) is 82.2 Å². The molecule has 0 atom stereocenters. The predicted molar refractivity (Wildman–Crippen MR) is 110 cm³/mol. The zero-order chi connectivity index (χ0) is 19.9. The molecule has 4 amide bonds. The molecule has 0 saturated heterocycles. The van der Waals surface area contributed by atoms with Gasteiger partial charge in [0.15, 0.2) is 0 Å². The molecule has 4 N–H and O–H groups in total. The van der Waals surface area contributed by atoms with E-state index in [2.05, 4.69) is 21.5 Å². The van der Waals surface area contributed by atoms with Crippen LogP contribution in [0.5, 0.6) is 0 Å². The lowest BCUT2D eigenvalue weighted by Crippen LogP contribution is -2.41. The van der Waals surface area contributed by atoms with Gasteiger partial charge in [0.1, 0.15) is 0 Å². The molecule has 142 valence electrons. The molecule has 7 nitrogen and oxygen atoms in total. The first-order valence-corrected chi connectivity index (χ1v) is 9.30. The lowest BCUT2D eigenvalue weighted by Gasteiger charge is -2.07. The smallest absolute Gasteiger partial charge is 0.308 e. The second-order valence-corrected chi connectivity index (χ2v) is 6.99. The molecular weight excluding hydrogens is 400 g/mol. The molecule has 0 spiro atoms. The SMILES string of the molecule is O=C(Nc1ccccc1)Nc1ccc(C(=O)NNC(=O)c2ccccc2Cl)s1. The fourth-order valence-corrected chi connectivity index (χ4v) is 3.23. The second kappa shape index (κ2) is 9.03. The maximum absolute atomic E-state index is 12.2. The number of thiophene rings is 1. The minimum Gasteiger partial charge on any atom is -0.308 e. The third kappa shape index (κ3) is 5.09. The molecule has 3 aromatic rings. The molecule has 9 heteroatoms. The highest BCUT2D eigenvalue weighted by Gasteiger charge is 2.14. The van der Waals surface area contributed by atoms with Gasteiger partial charge in [-0.25, -0.2) is 4.79 Å². The van der Waals surface area contributed by atoms with Crippen LogP contribution in [0, 0.1) is 0 Å². The van der Waals surface area contributed by atoms with Crippen molar-refractivity contribution in [3.63, 3.8) is 0 Å². The van der Waals surface area contributed by atoms with Crippen molar-refractivity contribution in [2.45, 2.75) is 0 Å². The van der Waals surface area contributed by atoms with Crippen LogP contribution in [-0.4, -0.2) is 17.8 Å². The molecule has 3 rings (SSSR count). The van der Waals surface area contributed by atoms with E-state index < -0.39 is 17.8 Å². The average Bonchev–Trinajstić information content (AvgIpc) is 3.15. The van der Waals surface area contributed by atoms with Crippen molar-refractivity contribution in [2.75, 3.05) is 10.6 Å². The first-order chi connectivity index (χ1) is 13.5. The first kappa shape index (κ1) is 19.4. The second-order valence-electron chi connectivity index (χ2n) is 5.50. The number of nitrogens with one attached hydrogen (secondary N) is 4. The van der Waals surface area contributed by atoms with Crippen molar-refractivity contribution in [2.24, 2.45) is 0 Å². The molecule has 2 aromatic carbocycles. The Bertz CT molecular complexity index is 1010. The Morgan fingerprint density at radius 1 is 0.750 bits per heavy atom. The number of benzene rings is 2. The van der Waals surface area contributed by atoms with Crippen molar-refractivity contribution in [1.82, 2.24) is 10.9 Å². The normalized spacial score (nSPS) is 10.0. The maximum Gasteiger partial charge on any atom is 0.324 e. The van der Waals surface area contributed by atoms with Crippen LogP contribution in [0.2, 0.25) is 5.02 Å². The monoisotopic (exact) mass is 414 g/mol. The van der Waals surface area contributed by atoms with Crippen LogP contribution in [0.25, 0.3) is 0 Å². The molecule has 0 aliphatic rings. The van der Waals surface area contributed by atoms with Gasteiger partial charge in [0.2, 0.25) is 0 Å². The van der Waals surface area contributed by atoms with Gasteiger partial charge in [-0.2, -0.15) is 0 Å². The molecule has 0 aliphatic carbocycles. The summed E-state index contributed by atoms with van der Waals surface area (Å²) in [7, 11) is 0. The number of carbonyl (C=O) groups excluding carboxylic acids is 3. The molecule has 1 aromatic heterocycles. The van der Waals surface area contributed by atoms with E-state index in [0.29, 0.717) is 15.6 Å². The van der Waals surface area contributed by atoms with Crippen LogP contribution in [0.15, 0.2) is 66.7 Å². The minimum atomic E-state index is -0.531. The average molecular weight is 415 g/mol. The van der Waals surface area contributed by atoms with Gasteiger partial charge >= 0.3 is 6.03 Å². The lowest BCUT2D eigenvalue weighted by atomic mass is 10.2. The first-order valence-electron chi connectivity index (χ1n) is 8.11. The molecule has 0 unspecified atom stereocenters. The van der Waals surface area contributed by atoms with Gasteiger partial charge in [0.05, 0.1) is 20.5 Å². The molecule has 28 heavy (non-hydrogen) atoms. The zero-order valence-electron chi connectivity index (χ0n) is 14.4. The zero-order valence-corrected chi connectivity index (χ0v) is 15.9. The van der Waals surface area contributed by atoms with E-state index in [0.717, 1.165) is 11.3 Å². The highest BCUT2D eigenvalue weighted by atomic mass is 35.5. The number of hydrogen-bond acceptors (Lipinski definition) is 4. The standard InChI is InChI=1S/C19H15ClN4O3S/c20-14-9-5-4-8-13(14)17(25)23-24-18(26)15-10-11-16(28-15)22-19(27)21-12-6-2-1-3-7-12/h1-11H,(H,23,25)(H,24,26)(H2,21,22,27). The van der Waals surface area contributed by atoms with E-state index in [-0.39, 0.29) is 10.6 Å². The molecule has 1 heterocycles. The fourth-order valence-electron chi connectivity index (χ4n) is 2.21. The van der Waals surface area contributed by atoms with Crippen LogP contribution in [-0.2, 0) is 0 Å². The van der Waals surface area contributed by atoms with E-state index in [1.165, 1.54) is 0 Å². The van der Waals surface area contributed by atoms with E-state index in [1.54, 1.807) is 60.7 Å². The van der Waals surface area contributed by atoms with E-state index >= 15 is 0 Å². The van der Waals surface area contributed by atoms with Gasteiger partial charge in [-0.05, 0) is 36.4 Å². The van der Waals surface area contributed by atoms with Gasteiger partial charge < -0.3 is 5.32 Å². The van der Waals surface area contributed by atoms with Crippen LogP contribution in [0.3, 0.4) is 0 Å². The van der Waals surface area contributed by atoms with Crippen molar-refractivity contribution < 1.29 is 14.4 Å². The largest absolute Gasteiger partial charge is 0.324 e. The van der Waals surface area contributed by atoms with Crippen molar-refractivity contribution >= 4 is 51.5 Å². The predicted octanol–water partition coefficient (Wildman–Crippen LogP) is 4.12. The highest BCUT2D eigenvalue weighted by molar-refractivity contribution is 7.18. The Morgan fingerprint density at radius 3 is 2.18 bits per heavy atom. The molecule has 0 aliphatic heterocycles. The summed E-state index contributed by atoms with van der Waals surface area (Å²) in [6, 6.07) is 18.2. The van der Waals surface area contributed by atoms with E-state index in [1.807, 2.05) is 6.07 Å². The van der Waals surface area contributed by atoms with Gasteiger partial charge in [0, 0.05) is 5.69 Å². The van der Waals surface area contributed by atoms with Crippen LogP contribution in [0.1, 0.15) is 20.0 Å². The molecule has 0 saturated carbocycles. The quantitative estimate of drug-likeness (QED) is 0.483. The summed E-state index contributed by atoms with van der Waals surface area (Å²) in [6.45, 7) is 0. The summed E-state index contributed by atoms with van der Waals surface area (Å²) in [6.07, 6.45) is 0. The van der Waals surface area contributed by atoms with E-state index in [9.17, 15) is 14.4 Å². The van der Waals surface area contributed by atoms with E-state index in [4.69, 9.17) is 11.6 Å². The van der Waals surface area contributed by atoms with Gasteiger partial charge in [-0.15, -0.1) is 11.3 Å². The summed E-state index contributed by atoms with van der Waals surface area (Å²) in [5.41, 5.74) is 5.52. The Balaban J connectivity index is 1.53. The third-order valence-corrected chi connectivity index (χ3v) is 4.84. The molecule has 0 radical (unpaired) electrons. The number of carbonyl (C=O) groups is 3. The number of rotatable bonds is 4. The number of amides is 4. The van der Waals surface area contributed by atoms with Crippen LogP contribution < -0.4 is 21.5 Å². The van der Waals surface area contributed by atoms with Gasteiger partial charge in [-0.1, -0.05) is 41.9 Å². The summed E-state index contributed by atoms with van der Waals surface area (Å²) in [5.74, 6) is -1.04.